The highest BCUT2D eigenvalue weighted by molar-refractivity contribution is 5.98. The van der Waals surface area contributed by atoms with Gasteiger partial charge in [-0.05, 0) is 18.6 Å². The first-order valence-corrected chi connectivity index (χ1v) is 5.69. The number of hydrogen-bond acceptors (Lipinski definition) is 3. The van der Waals surface area contributed by atoms with Gasteiger partial charge in [-0.1, -0.05) is 13.0 Å². The second-order valence-corrected chi connectivity index (χ2v) is 4.09. The first-order chi connectivity index (χ1) is 8.76. The zero-order valence-electron chi connectivity index (χ0n) is 10.4. The summed E-state index contributed by atoms with van der Waals surface area (Å²) in [6, 6.07) is 4.01. The summed E-state index contributed by atoms with van der Waals surface area (Å²) in [6.07, 6.45) is -4.11. The zero-order chi connectivity index (χ0) is 14.6. The number of phenols is 1. The molecule has 1 amide bonds. The largest absolute Gasteiger partial charge is 0.505 e. The molecule has 4 nitrogen and oxygen atoms in total. The number of para-hydroxylation sites is 1. The quantitative estimate of drug-likeness (QED) is 0.655. The summed E-state index contributed by atoms with van der Waals surface area (Å²) in [5.41, 5.74) is 5.15. The Morgan fingerprint density at radius 3 is 2.58 bits per heavy atom. The lowest BCUT2D eigenvalue weighted by Crippen LogP contribution is -2.39. The van der Waals surface area contributed by atoms with E-state index in [0.717, 1.165) is 0 Å². The number of rotatable bonds is 4. The van der Waals surface area contributed by atoms with Crippen molar-refractivity contribution in [2.75, 3.05) is 18.8 Å². The van der Waals surface area contributed by atoms with Crippen LogP contribution in [0.3, 0.4) is 0 Å². The Hall–Kier alpha value is -1.92. The van der Waals surface area contributed by atoms with Crippen molar-refractivity contribution in [3.8, 4) is 5.75 Å². The van der Waals surface area contributed by atoms with Crippen LogP contribution in [0.15, 0.2) is 18.2 Å². The minimum atomic E-state index is -4.49. The lowest BCUT2D eigenvalue weighted by Gasteiger charge is -2.24. The molecule has 0 aliphatic carbocycles. The Balaban J connectivity index is 3.02. The number of anilines is 1. The van der Waals surface area contributed by atoms with Crippen molar-refractivity contribution in [3.05, 3.63) is 23.8 Å². The van der Waals surface area contributed by atoms with Crippen LogP contribution >= 0.6 is 0 Å². The van der Waals surface area contributed by atoms with E-state index in [1.165, 1.54) is 18.2 Å². The van der Waals surface area contributed by atoms with E-state index >= 15 is 0 Å². The van der Waals surface area contributed by atoms with Gasteiger partial charge in [0.1, 0.15) is 6.54 Å². The maximum Gasteiger partial charge on any atom is 0.406 e. The van der Waals surface area contributed by atoms with Gasteiger partial charge in [-0.2, -0.15) is 13.2 Å². The van der Waals surface area contributed by atoms with E-state index in [1.807, 2.05) is 0 Å². The number of nitrogen functional groups attached to an aromatic ring is 1. The molecule has 0 atom stereocenters. The fraction of sp³-hybridized carbons (Fsp3) is 0.417. The van der Waals surface area contributed by atoms with Crippen molar-refractivity contribution in [1.29, 1.82) is 0 Å². The monoisotopic (exact) mass is 276 g/mol. The van der Waals surface area contributed by atoms with Gasteiger partial charge in [-0.3, -0.25) is 4.79 Å². The molecule has 0 heterocycles. The summed E-state index contributed by atoms with van der Waals surface area (Å²) in [6.45, 7) is 0.260. The number of hydrogen-bond donors (Lipinski definition) is 2. The molecule has 0 saturated heterocycles. The van der Waals surface area contributed by atoms with Gasteiger partial charge in [0.15, 0.2) is 5.75 Å². The molecule has 0 bridgehead atoms. The van der Waals surface area contributed by atoms with Gasteiger partial charge < -0.3 is 15.7 Å². The molecule has 0 aliphatic rings. The number of halogens is 3. The van der Waals surface area contributed by atoms with Crippen molar-refractivity contribution in [3.63, 3.8) is 0 Å². The predicted molar refractivity (Wildman–Crippen MR) is 64.8 cm³/mol. The molecule has 0 fully saturated rings. The molecule has 1 rings (SSSR count). The van der Waals surface area contributed by atoms with Gasteiger partial charge in [-0.15, -0.1) is 0 Å². The van der Waals surface area contributed by atoms with Crippen LogP contribution in [0, 0.1) is 0 Å². The highest BCUT2D eigenvalue weighted by Gasteiger charge is 2.33. The first-order valence-electron chi connectivity index (χ1n) is 5.69. The number of benzene rings is 1. The standard InChI is InChI=1S/C12H15F3N2O2/c1-2-6-17(7-12(13,14)15)11(19)8-4-3-5-9(16)10(8)18/h3-5,18H,2,6-7,16H2,1H3. The van der Waals surface area contributed by atoms with Gasteiger partial charge in [-0.25, -0.2) is 0 Å². The van der Waals surface area contributed by atoms with Gasteiger partial charge in [0, 0.05) is 6.54 Å². The molecule has 1 aromatic carbocycles. The molecule has 1 aromatic rings. The van der Waals surface area contributed by atoms with E-state index in [0.29, 0.717) is 11.3 Å². The molecule has 0 saturated carbocycles. The van der Waals surface area contributed by atoms with Crippen LogP contribution in [-0.4, -0.2) is 35.2 Å². The van der Waals surface area contributed by atoms with E-state index in [1.54, 1.807) is 6.92 Å². The molecule has 0 radical (unpaired) electrons. The number of nitrogens with zero attached hydrogens (tertiary/aromatic N) is 1. The fourth-order valence-electron chi connectivity index (χ4n) is 1.64. The highest BCUT2D eigenvalue weighted by Crippen LogP contribution is 2.27. The summed E-state index contributed by atoms with van der Waals surface area (Å²) in [5.74, 6) is -1.38. The van der Waals surface area contributed by atoms with Crippen LogP contribution < -0.4 is 5.73 Å². The van der Waals surface area contributed by atoms with Crippen LogP contribution in [0.5, 0.6) is 5.75 Å². The Kier molecular flexibility index (Phi) is 4.63. The van der Waals surface area contributed by atoms with Crippen LogP contribution in [-0.2, 0) is 0 Å². The third-order valence-electron chi connectivity index (χ3n) is 2.45. The summed E-state index contributed by atoms with van der Waals surface area (Å²) in [7, 11) is 0. The Morgan fingerprint density at radius 1 is 1.42 bits per heavy atom. The van der Waals surface area contributed by atoms with E-state index in [2.05, 4.69) is 0 Å². The number of carbonyl (C=O) groups is 1. The van der Waals surface area contributed by atoms with Gasteiger partial charge in [0.25, 0.3) is 5.91 Å². The van der Waals surface area contributed by atoms with Crippen LogP contribution in [0.1, 0.15) is 23.7 Å². The minimum Gasteiger partial charge on any atom is -0.505 e. The Bertz CT molecular complexity index is 461. The molecule has 3 N–H and O–H groups in total. The number of alkyl halides is 3. The lowest BCUT2D eigenvalue weighted by molar-refractivity contribution is -0.140. The SMILES string of the molecule is CCCN(CC(F)(F)F)C(=O)c1cccc(N)c1O. The van der Waals surface area contributed by atoms with E-state index < -0.39 is 24.4 Å². The maximum atomic E-state index is 12.4. The number of carbonyl (C=O) groups excluding carboxylic acids is 1. The molecule has 0 aliphatic heterocycles. The van der Waals surface area contributed by atoms with Crippen molar-refractivity contribution >= 4 is 11.6 Å². The molecular formula is C12H15F3N2O2. The normalized spacial score (nSPS) is 11.4. The Morgan fingerprint density at radius 2 is 2.05 bits per heavy atom. The Labute approximate surface area is 108 Å². The second kappa shape index (κ2) is 5.81. The predicted octanol–water partition coefficient (Wildman–Crippen LogP) is 2.39. The summed E-state index contributed by atoms with van der Waals surface area (Å²) < 4.78 is 37.2. The third kappa shape index (κ3) is 4.04. The van der Waals surface area contributed by atoms with Gasteiger partial charge in [0.05, 0.1) is 11.3 Å². The van der Waals surface area contributed by atoms with Crippen LogP contribution in [0.4, 0.5) is 18.9 Å². The van der Waals surface area contributed by atoms with Gasteiger partial charge in [0.2, 0.25) is 0 Å². The summed E-state index contributed by atoms with van der Waals surface area (Å²) in [5, 5.41) is 9.63. The molecule has 0 spiro atoms. The fourth-order valence-corrected chi connectivity index (χ4v) is 1.64. The van der Waals surface area contributed by atoms with E-state index in [9.17, 15) is 23.1 Å². The number of phenolic OH excluding ortho intramolecular Hbond substituents is 1. The van der Waals surface area contributed by atoms with Crippen molar-refractivity contribution < 1.29 is 23.1 Å². The van der Waals surface area contributed by atoms with Crippen molar-refractivity contribution in [2.45, 2.75) is 19.5 Å². The molecule has 7 heteroatoms. The van der Waals surface area contributed by atoms with E-state index in [-0.39, 0.29) is 17.8 Å². The second-order valence-electron chi connectivity index (χ2n) is 4.09. The van der Waals surface area contributed by atoms with Crippen molar-refractivity contribution in [2.24, 2.45) is 0 Å². The molecule has 19 heavy (non-hydrogen) atoms. The number of amides is 1. The van der Waals surface area contributed by atoms with Crippen LogP contribution in [0.2, 0.25) is 0 Å². The molecule has 0 unspecified atom stereocenters. The highest BCUT2D eigenvalue weighted by atomic mass is 19.4. The zero-order valence-corrected chi connectivity index (χ0v) is 10.4. The smallest absolute Gasteiger partial charge is 0.406 e. The molecule has 0 aromatic heterocycles. The summed E-state index contributed by atoms with van der Waals surface area (Å²) in [4.78, 5) is 12.6. The number of nitrogens with two attached hydrogens (primary N) is 1. The average molecular weight is 276 g/mol. The minimum absolute atomic E-state index is 0.0469. The topological polar surface area (TPSA) is 66.6 Å². The third-order valence-corrected chi connectivity index (χ3v) is 2.45. The summed E-state index contributed by atoms with van der Waals surface area (Å²) >= 11 is 0. The first kappa shape index (κ1) is 15.1. The average Bonchev–Trinajstić information content (AvgIpc) is 2.30. The number of aromatic hydroxyl groups is 1. The van der Waals surface area contributed by atoms with E-state index in [4.69, 9.17) is 5.73 Å². The van der Waals surface area contributed by atoms with Crippen molar-refractivity contribution in [1.82, 2.24) is 4.90 Å². The molecule has 106 valence electrons. The van der Waals surface area contributed by atoms with Crippen LogP contribution in [0.25, 0.3) is 0 Å². The van der Waals surface area contributed by atoms with Gasteiger partial charge >= 0.3 is 6.18 Å². The maximum absolute atomic E-state index is 12.4. The molecular weight excluding hydrogens is 261 g/mol. The lowest BCUT2D eigenvalue weighted by atomic mass is 10.1.